The number of carboxylic acid groups (broad SMARTS) is 1. The van der Waals surface area contributed by atoms with Crippen molar-refractivity contribution in [2.24, 2.45) is 0 Å². The number of carbonyl (C=O) groups is 1. The molecule has 1 aromatic carbocycles. The SMILES string of the molecule is N#Cc1c(SCc2nn[nH]n2)[nH]c(=O)c(C(=O)O)c1-c1ccc(Cl)cc1. The minimum absolute atomic E-state index is 0.0380. The highest BCUT2D eigenvalue weighted by molar-refractivity contribution is 7.98. The molecular formula is C15H9ClN6O3S. The molecule has 0 aliphatic carbocycles. The molecule has 0 unspecified atom stereocenters. The van der Waals surface area contributed by atoms with Gasteiger partial charge in [0.15, 0.2) is 5.82 Å². The number of benzene rings is 1. The van der Waals surface area contributed by atoms with Crippen molar-refractivity contribution in [1.82, 2.24) is 25.6 Å². The molecule has 0 aliphatic heterocycles. The Kier molecular flexibility index (Phi) is 5.01. The molecule has 3 N–H and O–H groups in total. The van der Waals surface area contributed by atoms with Crippen molar-refractivity contribution >= 4 is 29.3 Å². The lowest BCUT2D eigenvalue weighted by atomic mass is 9.97. The number of aromatic nitrogens is 5. The first-order valence-corrected chi connectivity index (χ1v) is 8.42. The number of halogens is 1. The molecule has 130 valence electrons. The van der Waals surface area contributed by atoms with Crippen molar-refractivity contribution in [1.29, 1.82) is 5.26 Å². The average molecular weight is 389 g/mol. The molecule has 0 bridgehead atoms. The van der Waals surface area contributed by atoms with Gasteiger partial charge < -0.3 is 10.1 Å². The number of nitriles is 1. The maximum Gasteiger partial charge on any atom is 0.342 e. The van der Waals surface area contributed by atoms with E-state index in [2.05, 4.69) is 25.6 Å². The highest BCUT2D eigenvalue weighted by Gasteiger charge is 2.24. The van der Waals surface area contributed by atoms with Gasteiger partial charge in [0, 0.05) is 10.6 Å². The molecule has 9 nitrogen and oxygen atoms in total. The van der Waals surface area contributed by atoms with Gasteiger partial charge in [-0.3, -0.25) is 4.79 Å². The Labute approximate surface area is 155 Å². The van der Waals surface area contributed by atoms with E-state index in [0.29, 0.717) is 16.4 Å². The van der Waals surface area contributed by atoms with Crippen LogP contribution in [-0.4, -0.2) is 36.7 Å². The van der Waals surface area contributed by atoms with Crippen molar-refractivity contribution in [3.8, 4) is 17.2 Å². The first kappa shape index (κ1) is 17.7. The highest BCUT2D eigenvalue weighted by Crippen LogP contribution is 2.32. The minimum atomic E-state index is -1.43. The number of tetrazole rings is 1. The number of hydrogen-bond acceptors (Lipinski definition) is 7. The monoisotopic (exact) mass is 388 g/mol. The second-order valence-corrected chi connectivity index (χ2v) is 6.37. The lowest BCUT2D eigenvalue weighted by Crippen LogP contribution is -2.21. The summed E-state index contributed by atoms with van der Waals surface area (Å²) in [6.45, 7) is 0. The summed E-state index contributed by atoms with van der Waals surface area (Å²) in [5, 5.41) is 33.1. The molecule has 0 fully saturated rings. The van der Waals surface area contributed by atoms with Gasteiger partial charge in [-0.2, -0.15) is 10.5 Å². The summed E-state index contributed by atoms with van der Waals surface area (Å²) in [4.78, 5) is 26.4. The first-order valence-electron chi connectivity index (χ1n) is 7.06. The molecular weight excluding hydrogens is 380 g/mol. The van der Waals surface area contributed by atoms with Gasteiger partial charge in [-0.25, -0.2) is 4.79 Å². The smallest absolute Gasteiger partial charge is 0.342 e. The topological polar surface area (TPSA) is 148 Å². The number of aromatic amines is 2. The normalized spacial score (nSPS) is 10.5. The van der Waals surface area contributed by atoms with E-state index >= 15 is 0 Å². The number of nitrogens with zero attached hydrogens (tertiary/aromatic N) is 4. The molecule has 2 heterocycles. The van der Waals surface area contributed by atoms with Gasteiger partial charge in [0.25, 0.3) is 5.56 Å². The lowest BCUT2D eigenvalue weighted by molar-refractivity contribution is 0.0695. The van der Waals surface area contributed by atoms with Crippen LogP contribution in [0.2, 0.25) is 5.02 Å². The number of aromatic carboxylic acids is 1. The number of thioether (sulfide) groups is 1. The van der Waals surface area contributed by atoms with E-state index in [9.17, 15) is 20.0 Å². The van der Waals surface area contributed by atoms with Crippen LogP contribution in [0.5, 0.6) is 0 Å². The van der Waals surface area contributed by atoms with E-state index in [1.54, 1.807) is 24.3 Å². The van der Waals surface area contributed by atoms with Gasteiger partial charge in [0.2, 0.25) is 0 Å². The van der Waals surface area contributed by atoms with E-state index in [-0.39, 0.29) is 21.9 Å². The van der Waals surface area contributed by atoms with Crippen molar-refractivity contribution in [3.63, 3.8) is 0 Å². The van der Waals surface area contributed by atoms with Crippen LogP contribution in [0.4, 0.5) is 0 Å². The van der Waals surface area contributed by atoms with E-state index < -0.39 is 17.1 Å². The van der Waals surface area contributed by atoms with Crippen LogP contribution in [0.25, 0.3) is 11.1 Å². The van der Waals surface area contributed by atoms with Crippen molar-refractivity contribution in [3.05, 3.63) is 56.6 Å². The Morgan fingerprint density at radius 2 is 2.08 bits per heavy atom. The summed E-state index contributed by atoms with van der Waals surface area (Å²) in [7, 11) is 0. The fourth-order valence-electron chi connectivity index (χ4n) is 2.28. The van der Waals surface area contributed by atoms with Gasteiger partial charge in [0.1, 0.15) is 11.6 Å². The second kappa shape index (κ2) is 7.38. The summed E-state index contributed by atoms with van der Waals surface area (Å²) in [6, 6.07) is 8.19. The number of rotatable bonds is 5. The maximum absolute atomic E-state index is 12.3. The summed E-state index contributed by atoms with van der Waals surface area (Å²) in [5.41, 5.74) is -0.838. The van der Waals surface area contributed by atoms with Crippen LogP contribution in [0.3, 0.4) is 0 Å². The third-order valence-electron chi connectivity index (χ3n) is 3.37. The largest absolute Gasteiger partial charge is 0.477 e. The van der Waals surface area contributed by atoms with Crippen LogP contribution >= 0.6 is 23.4 Å². The number of nitrogens with one attached hydrogen (secondary N) is 2. The molecule has 0 spiro atoms. The summed E-state index contributed by atoms with van der Waals surface area (Å²) < 4.78 is 0. The molecule has 26 heavy (non-hydrogen) atoms. The van der Waals surface area contributed by atoms with Crippen LogP contribution < -0.4 is 5.56 Å². The molecule has 11 heteroatoms. The molecule has 0 atom stereocenters. The Hall–Kier alpha value is -3.16. The van der Waals surface area contributed by atoms with E-state index in [1.807, 2.05) is 6.07 Å². The first-order chi connectivity index (χ1) is 12.5. The van der Waals surface area contributed by atoms with Crippen molar-refractivity contribution in [2.75, 3.05) is 0 Å². The number of carboxylic acids is 1. The number of pyridine rings is 1. The summed E-state index contributed by atoms with van der Waals surface area (Å²) in [5.74, 6) is -0.828. The number of hydrogen-bond donors (Lipinski definition) is 3. The fraction of sp³-hybridized carbons (Fsp3) is 0.0667. The van der Waals surface area contributed by atoms with E-state index in [4.69, 9.17) is 11.6 Å². The zero-order valence-corrected chi connectivity index (χ0v) is 14.4. The van der Waals surface area contributed by atoms with Crippen LogP contribution in [0.1, 0.15) is 21.7 Å². The third kappa shape index (κ3) is 3.44. The molecule has 0 amide bonds. The Bertz CT molecular complexity index is 1060. The lowest BCUT2D eigenvalue weighted by Gasteiger charge is -2.12. The molecule has 0 aliphatic rings. The molecule has 0 saturated heterocycles. The van der Waals surface area contributed by atoms with E-state index in [0.717, 1.165) is 11.8 Å². The van der Waals surface area contributed by atoms with Crippen molar-refractivity contribution in [2.45, 2.75) is 10.8 Å². The number of H-pyrrole nitrogens is 2. The highest BCUT2D eigenvalue weighted by atomic mass is 35.5. The third-order valence-corrected chi connectivity index (χ3v) is 4.62. The minimum Gasteiger partial charge on any atom is -0.477 e. The Morgan fingerprint density at radius 1 is 1.35 bits per heavy atom. The molecule has 0 saturated carbocycles. The Morgan fingerprint density at radius 3 is 2.65 bits per heavy atom. The molecule has 0 radical (unpaired) electrons. The maximum atomic E-state index is 12.3. The zero-order chi connectivity index (χ0) is 18.7. The summed E-state index contributed by atoms with van der Waals surface area (Å²) >= 11 is 6.96. The quantitative estimate of drug-likeness (QED) is 0.562. The predicted molar refractivity (Wildman–Crippen MR) is 92.9 cm³/mol. The van der Waals surface area contributed by atoms with E-state index in [1.165, 1.54) is 0 Å². The van der Waals surface area contributed by atoms with Gasteiger partial charge in [-0.1, -0.05) is 40.7 Å². The van der Waals surface area contributed by atoms with Gasteiger partial charge in [0.05, 0.1) is 16.3 Å². The zero-order valence-electron chi connectivity index (χ0n) is 12.9. The van der Waals surface area contributed by atoms with Crippen molar-refractivity contribution < 1.29 is 9.90 Å². The van der Waals surface area contributed by atoms with Gasteiger partial charge in [-0.05, 0) is 17.7 Å². The van der Waals surface area contributed by atoms with Gasteiger partial charge in [-0.15, -0.1) is 10.2 Å². The summed E-state index contributed by atoms with van der Waals surface area (Å²) in [6.07, 6.45) is 0. The standard InChI is InChI=1S/C15H9ClN6O3S/c16-8-3-1-7(2-4-8)11-9(5-17)14(18-13(23)12(11)15(24)25)26-6-10-19-21-22-20-10/h1-4H,6H2,(H,18,23)(H,24,25)(H,19,20,21,22). The van der Waals surface area contributed by atoms with Crippen LogP contribution in [-0.2, 0) is 5.75 Å². The molecule has 3 aromatic rings. The van der Waals surface area contributed by atoms with Crippen LogP contribution in [0.15, 0.2) is 34.1 Å². The predicted octanol–water partition coefficient (Wildman–Crippen LogP) is 2.07. The van der Waals surface area contributed by atoms with Crippen LogP contribution in [0, 0.1) is 11.3 Å². The molecule has 2 aromatic heterocycles. The Balaban J connectivity index is 2.18. The fourth-order valence-corrected chi connectivity index (χ4v) is 3.26. The second-order valence-electron chi connectivity index (χ2n) is 4.95. The molecule has 3 rings (SSSR count). The average Bonchev–Trinajstić information content (AvgIpc) is 3.13. The van der Waals surface area contributed by atoms with Gasteiger partial charge >= 0.3 is 5.97 Å².